The van der Waals surface area contributed by atoms with Crippen molar-refractivity contribution in [3.8, 4) is 0 Å². The number of nitrogens with zero attached hydrogens (tertiary/aromatic N) is 1. The predicted molar refractivity (Wildman–Crippen MR) is 66.9 cm³/mol. The van der Waals surface area contributed by atoms with Gasteiger partial charge in [-0.1, -0.05) is 23.7 Å². The zero-order valence-electron chi connectivity index (χ0n) is 9.87. The summed E-state index contributed by atoms with van der Waals surface area (Å²) >= 11 is 5.49. The molecule has 8 heteroatoms. The molecule has 0 radical (unpaired) electrons. The predicted octanol–water partition coefficient (Wildman–Crippen LogP) is 2.26. The quantitative estimate of drug-likeness (QED) is 0.865. The van der Waals surface area contributed by atoms with E-state index in [2.05, 4.69) is 4.98 Å². The van der Waals surface area contributed by atoms with Gasteiger partial charge in [-0.3, -0.25) is 14.3 Å². The number of hydrogen-bond donors (Lipinski definition) is 1. The largest absolute Gasteiger partial charge is 0.416 e. The number of rotatable bonds is 2. The summed E-state index contributed by atoms with van der Waals surface area (Å²) in [5.74, 6) is 0. The molecule has 0 saturated heterocycles. The van der Waals surface area contributed by atoms with Gasteiger partial charge in [0.05, 0.1) is 12.1 Å². The SMILES string of the molecule is O=c1cc(Cl)[nH]c(=O)n1Cc1cccc(C(F)(F)F)c1. The summed E-state index contributed by atoms with van der Waals surface area (Å²) in [6, 6.07) is 5.40. The fraction of sp³-hybridized carbons (Fsp3) is 0.167. The third-order valence-corrected chi connectivity index (χ3v) is 2.79. The number of aromatic amines is 1. The second kappa shape index (κ2) is 5.16. The molecule has 2 rings (SSSR count). The van der Waals surface area contributed by atoms with Gasteiger partial charge in [0.15, 0.2) is 0 Å². The Morgan fingerprint density at radius 2 is 1.90 bits per heavy atom. The van der Waals surface area contributed by atoms with E-state index in [1.54, 1.807) is 0 Å². The zero-order chi connectivity index (χ0) is 14.9. The van der Waals surface area contributed by atoms with E-state index in [4.69, 9.17) is 11.6 Å². The van der Waals surface area contributed by atoms with Gasteiger partial charge in [-0.15, -0.1) is 0 Å². The lowest BCUT2D eigenvalue weighted by Crippen LogP contribution is -2.34. The molecule has 1 heterocycles. The van der Waals surface area contributed by atoms with Crippen LogP contribution in [-0.2, 0) is 12.7 Å². The van der Waals surface area contributed by atoms with Crippen molar-refractivity contribution in [2.75, 3.05) is 0 Å². The first-order valence-corrected chi connectivity index (χ1v) is 5.81. The minimum atomic E-state index is -4.48. The Balaban J connectivity index is 2.41. The maximum Gasteiger partial charge on any atom is 0.416 e. The summed E-state index contributed by atoms with van der Waals surface area (Å²) in [6.45, 7) is -0.269. The normalized spacial score (nSPS) is 11.6. The molecule has 106 valence electrons. The highest BCUT2D eigenvalue weighted by Crippen LogP contribution is 2.29. The Kier molecular flexibility index (Phi) is 3.71. The standard InChI is InChI=1S/C12H8ClF3N2O2/c13-9-5-10(19)18(11(20)17-9)6-7-2-1-3-8(4-7)12(14,15)16/h1-5H,6H2,(H,17,20). The molecule has 0 amide bonds. The summed E-state index contributed by atoms with van der Waals surface area (Å²) in [5, 5.41) is -0.125. The minimum Gasteiger partial charge on any atom is -0.298 e. The Labute approximate surface area is 115 Å². The number of nitrogens with one attached hydrogen (secondary N) is 1. The van der Waals surface area contributed by atoms with Crippen molar-refractivity contribution in [2.24, 2.45) is 0 Å². The van der Waals surface area contributed by atoms with E-state index in [-0.39, 0.29) is 17.3 Å². The van der Waals surface area contributed by atoms with Gasteiger partial charge in [0.25, 0.3) is 5.56 Å². The first-order chi connectivity index (χ1) is 9.27. The number of alkyl halides is 3. The third kappa shape index (κ3) is 3.11. The number of H-pyrrole nitrogens is 1. The van der Waals surface area contributed by atoms with Gasteiger partial charge in [-0.25, -0.2) is 4.79 Å². The number of benzene rings is 1. The van der Waals surface area contributed by atoms with Crippen LogP contribution in [0.4, 0.5) is 13.2 Å². The zero-order valence-corrected chi connectivity index (χ0v) is 10.6. The number of hydrogen-bond acceptors (Lipinski definition) is 2. The van der Waals surface area contributed by atoms with Crippen LogP contribution in [0.5, 0.6) is 0 Å². The summed E-state index contributed by atoms with van der Waals surface area (Å²) in [6.07, 6.45) is -4.48. The van der Waals surface area contributed by atoms with Gasteiger partial charge in [0, 0.05) is 6.07 Å². The van der Waals surface area contributed by atoms with Gasteiger partial charge in [-0.05, 0) is 17.7 Å². The van der Waals surface area contributed by atoms with Crippen LogP contribution in [0.3, 0.4) is 0 Å². The van der Waals surface area contributed by atoms with E-state index in [0.29, 0.717) is 0 Å². The highest BCUT2D eigenvalue weighted by molar-refractivity contribution is 6.29. The molecular weight excluding hydrogens is 297 g/mol. The summed E-state index contributed by atoms with van der Waals surface area (Å²) in [5.41, 5.74) is -2.11. The van der Waals surface area contributed by atoms with E-state index >= 15 is 0 Å². The lowest BCUT2D eigenvalue weighted by Gasteiger charge is -2.09. The van der Waals surface area contributed by atoms with Crippen LogP contribution in [0.15, 0.2) is 39.9 Å². The van der Waals surface area contributed by atoms with Crippen molar-refractivity contribution >= 4 is 11.6 Å². The molecule has 0 aliphatic rings. The van der Waals surface area contributed by atoms with Crippen molar-refractivity contribution in [3.05, 3.63) is 67.4 Å². The Morgan fingerprint density at radius 3 is 2.50 bits per heavy atom. The van der Waals surface area contributed by atoms with Gasteiger partial charge < -0.3 is 0 Å². The molecule has 1 aromatic carbocycles. The maximum absolute atomic E-state index is 12.6. The second-order valence-corrected chi connectivity index (χ2v) is 4.45. The molecule has 1 aromatic heterocycles. The van der Waals surface area contributed by atoms with Crippen molar-refractivity contribution in [2.45, 2.75) is 12.7 Å². The molecule has 0 aliphatic carbocycles. The Bertz CT molecular complexity index is 718. The van der Waals surface area contributed by atoms with Crippen LogP contribution >= 0.6 is 11.6 Å². The van der Waals surface area contributed by atoms with E-state index < -0.39 is 23.0 Å². The lowest BCUT2D eigenvalue weighted by molar-refractivity contribution is -0.137. The Hall–Kier alpha value is -2.02. The van der Waals surface area contributed by atoms with Gasteiger partial charge in [0.2, 0.25) is 0 Å². The monoisotopic (exact) mass is 304 g/mol. The topological polar surface area (TPSA) is 54.9 Å². The van der Waals surface area contributed by atoms with E-state index in [1.807, 2.05) is 0 Å². The van der Waals surface area contributed by atoms with Crippen molar-refractivity contribution in [3.63, 3.8) is 0 Å². The van der Waals surface area contributed by atoms with Crippen LogP contribution in [0.2, 0.25) is 5.15 Å². The molecule has 4 nitrogen and oxygen atoms in total. The van der Waals surface area contributed by atoms with Crippen LogP contribution in [0.25, 0.3) is 0 Å². The molecule has 0 bridgehead atoms. The molecule has 1 N–H and O–H groups in total. The first kappa shape index (κ1) is 14.4. The fourth-order valence-electron chi connectivity index (χ4n) is 1.67. The molecule has 0 fully saturated rings. The van der Waals surface area contributed by atoms with E-state index in [9.17, 15) is 22.8 Å². The van der Waals surface area contributed by atoms with Crippen LogP contribution < -0.4 is 11.2 Å². The van der Waals surface area contributed by atoms with Gasteiger partial charge in [0.1, 0.15) is 5.15 Å². The Morgan fingerprint density at radius 1 is 1.20 bits per heavy atom. The van der Waals surface area contributed by atoms with Crippen molar-refractivity contribution in [1.29, 1.82) is 0 Å². The van der Waals surface area contributed by atoms with Crippen LogP contribution in [0, 0.1) is 0 Å². The molecule has 0 spiro atoms. The van der Waals surface area contributed by atoms with E-state index in [0.717, 1.165) is 22.8 Å². The second-order valence-electron chi connectivity index (χ2n) is 4.04. The summed E-state index contributed by atoms with van der Waals surface area (Å²) < 4.78 is 38.5. The smallest absolute Gasteiger partial charge is 0.298 e. The van der Waals surface area contributed by atoms with Crippen molar-refractivity contribution in [1.82, 2.24) is 9.55 Å². The third-order valence-electron chi connectivity index (χ3n) is 2.58. The molecular formula is C12H8ClF3N2O2. The lowest BCUT2D eigenvalue weighted by atomic mass is 10.1. The van der Waals surface area contributed by atoms with Crippen LogP contribution in [0.1, 0.15) is 11.1 Å². The molecule has 0 atom stereocenters. The maximum atomic E-state index is 12.6. The molecule has 0 saturated carbocycles. The fourth-order valence-corrected chi connectivity index (χ4v) is 1.84. The van der Waals surface area contributed by atoms with Crippen molar-refractivity contribution < 1.29 is 13.2 Å². The first-order valence-electron chi connectivity index (χ1n) is 5.43. The average molecular weight is 305 g/mol. The van der Waals surface area contributed by atoms with Gasteiger partial charge >= 0.3 is 11.9 Å². The van der Waals surface area contributed by atoms with Crippen LogP contribution in [-0.4, -0.2) is 9.55 Å². The minimum absolute atomic E-state index is 0.125. The number of aromatic nitrogens is 2. The molecule has 2 aromatic rings. The number of halogens is 4. The molecule has 0 aliphatic heterocycles. The molecule has 0 unspecified atom stereocenters. The van der Waals surface area contributed by atoms with E-state index in [1.165, 1.54) is 12.1 Å². The highest BCUT2D eigenvalue weighted by Gasteiger charge is 2.30. The summed E-state index contributed by atoms with van der Waals surface area (Å²) in [4.78, 5) is 25.3. The molecule has 20 heavy (non-hydrogen) atoms. The highest BCUT2D eigenvalue weighted by atomic mass is 35.5. The summed E-state index contributed by atoms with van der Waals surface area (Å²) in [7, 11) is 0. The van der Waals surface area contributed by atoms with Gasteiger partial charge in [-0.2, -0.15) is 13.2 Å². The average Bonchev–Trinajstić information content (AvgIpc) is 2.33.